The van der Waals surface area contributed by atoms with Crippen LogP contribution in [0.3, 0.4) is 0 Å². The van der Waals surface area contributed by atoms with Crippen molar-refractivity contribution in [3.63, 3.8) is 0 Å². The second-order valence-electron chi connectivity index (χ2n) is 4.47. The molecule has 0 aliphatic heterocycles. The van der Waals surface area contributed by atoms with E-state index in [1.165, 1.54) is 6.07 Å². The molecule has 1 aromatic rings. The number of hydrogen-bond donors (Lipinski definition) is 2. The van der Waals surface area contributed by atoms with Gasteiger partial charge >= 0.3 is 12.0 Å². The molecule has 0 heterocycles. The topological polar surface area (TPSA) is 69.6 Å². The molecule has 0 unspecified atom stereocenters. The lowest BCUT2D eigenvalue weighted by Crippen LogP contribution is -2.36. The number of carboxylic acid groups (broad SMARTS) is 1. The van der Waals surface area contributed by atoms with E-state index in [2.05, 4.69) is 5.32 Å². The van der Waals surface area contributed by atoms with E-state index in [1.807, 2.05) is 13.8 Å². The van der Waals surface area contributed by atoms with Crippen LogP contribution in [0.1, 0.15) is 29.8 Å². The molecule has 0 bridgehead atoms. The number of carboxylic acids is 1. The summed E-state index contributed by atoms with van der Waals surface area (Å²) < 4.78 is 0. The summed E-state index contributed by atoms with van der Waals surface area (Å²) in [4.78, 5) is 24.2. The molecule has 0 saturated carbocycles. The third-order valence-electron chi connectivity index (χ3n) is 2.80. The molecule has 5 heteroatoms. The first kappa shape index (κ1) is 14.0. The molecule has 2 amide bonds. The number of aryl methyl sites for hydroxylation is 1. The molecule has 2 N–H and O–H groups in total. The van der Waals surface area contributed by atoms with Crippen LogP contribution < -0.4 is 5.32 Å². The van der Waals surface area contributed by atoms with Gasteiger partial charge in [0.25, 0.3) is 0 Å². The molecule has 0 aromatic heterocycles. The molecule has 0 radical (unpaired) electrons. The fourth-order valence-corrected chi connectivity index (χ4v) is 1.43. The normalized spacial score (nSPS) is 10.3. The second-order valence-corrected chi connectivity index (χ2v) is 4.47. The van der Waals surface area contributed by atoms with Gasteiger partial charge in [-0.2, -0.15) is 0 Å². The van der Waals surface area contributed by atoms with Crippen molar-refractivity contribution in [2.45, 2.75) is 26.8 Å². The molecule has 0 fully saturated rings. The lowest BCUT2D eigenvalue weighted by atomic mass is 10.1. The van der Waals surface area contributed by atoms with E-state index in [1.54, 1.807) is 31.0 Å². The number of hydrogen-bond acceptors (Lipinski definition) is 2. The molecule has 0 atom stereocenters. The number of nitrogens with zero attached hydrogens (tertiary/aromatic N) is 1. The standard InChI is InChI=1S/C13H18N2O3/c1-8(2)15(4)13(18)14-10-5-6-11(12(16)17)9(3)7-10/h5-8H,1-4H3,(H,14,18)(H,16,17). The minimum absolute atomic E-state index is 0.101. The van der Waals surface area contributed by atoms with Crippen molar-refractivity contribution >= 4 is 17.7 Å². The fraction of sp³-hybridized carbons (Fsp3) is 0.385. The summed E-state index contributed by atoms with van der Waals surface area (Å²) in [5.41, 5.74) is 1.45. The number of carbonyl (C=O) groups is 2. The summed E-state index contributed by atoms with van der Waals surface area (Å²) in [7, 11) is 1.71. The minimum atomic E-state index is -0.968. The van der Waals surface area contributed by atoms with Gasteiger partial charge in [0.05, 0.1) is 5.56 Å². The molecular formula is C13H18N2O3. The maximum absolute atomic E-state index is 11.8. The predicted octanol–water partition coefficient (Wildman–Crippen LogP) is 2.57. The van der Waals surface area contributed by atoms with Gasteiger partial charge in [0.15, 0.2) is 0 Å². The van der Waals surface area contributed by atoms with Gasteiger partial charge in [0, 0.05) is 18.8 Å². The highest BCUT2D eigenvalue weighted by atomic mass is 16.4. The van der Waals surface area contributed by atoms with Crippen molar-refractivity contribution in [1.82, 2.24) is 4.90 Å². The van der Waals surface area contributed by atoms with E-state index in [0.29, 0.717) is 11.3 Å². The fourth-order valence-electron chi connectivity index (χ4n) is 1.43. The Hall–Kier alpha value is -2.04. The maximum atomic E-state index is 11.8. The molecule has 0 aliphatic rings. The second kappa shape index (κ2) is 5.53. The predicted molar refractivity (Wildman–Crippen MR) is 70.1 cm³/mol. The Morgan fingerprint density at radius 1 is 1.33 bits per heavy atom. The molecule has 0 spiro atoms. The van der Waals surface area contributed by atoms with Crippen molar-refractivity contribution in [1.29, 1.82) is 0 Å². The van der Waals surface area contributed by atoms with E-state index < -0.39 is 5.97 Å². The molecule has 0 aliphatic carbocycles. The van der Waals surface area contributed by atoms with Gasteiger partial charge in [0.1, 0.15) is 0 Å². The quantitative estimate of drug-likeness (QED) is 0.866. The largest absolute Gasteiger partial charge is 0.478 e. The summed E-state index contributed by atoms with van der Waals surface area (Å²) in [5.74, 6) is -0.968. The van der Waals surface area contributed by atoms with E-state index in [9.17, 15) is 9.59 Å². The SMILES string of the molecule is Cc1cc(NC(=O)N(C)C(C)C)ccc1C(=O)O. The lowest BCUT2D eigenvalue weighted by Gasteiger charge is -2.22. The zero-order chi connectivity index (χ0) is 13.9. The number of rotatable bonds is 3. The van der Waals surface area contributed by atoms with Gasteiger partial charge in [-0.05, 0) is 44.5 Å². The van der Waals surface area contributed by atoms with Crippen LogP contribution in [0, 0.1) is 6.92 Å². The average molecular weight is 250 g/mol. The van der Waals surface area contributed by atoms with Crippen LogP contribution >= 0.6 is 0 Å². The van der Waals surface area contributed by atoms with E-state index in [0.717, 1.165) is 0 Å². The first-order chi connectivity index (χ1) is 8.32. The molecular weight excluding hydrogens is 232 g/mol. The van der Waals surface area contributed by atoms with Crippen molar-refractivity contribution in [3.05, 3.63) is 29.3 Å². The van der Waals surface area contributed by atoms with E-state index in [4.69, 9.17) is 5.11 Å². The molecule has 1 rings (SSSR count). The van der Waals surface area contributed by atoms with E-state index >= 15 is 0 Å². The van der Waals surface area contributed by atoms with Crippen molar-refractivity contribution in [2.75, 3.05) is 12.4 Å². The number of aromatic carboxylic acids is 1. The molecule has 1 aromatic carbocycles. The lowest BCUT2D eigenvalue weighted by molar-refractivity contribution is 0.0696. The summed E-state index contributed by atoms with van der Waals surface area (Å²) in [6.45, 7) is 5.53. The monoisotopic (exact) mass is 250 g/mol. The van der Waals surface area contributed by atoms with Crippen LogP contribution in [-0.4, -0.2) is 35.1 Å². The third kappa shape index (κ3) is 3.23. The smallest absolute Gasteiger partial charge is 0.335 e. The number of carbonyl (C=O) groups excluding carboxylic acids is 1. The van der Waals surface area contributed by atoms with Crippen LogP contribution in [0.4, 0.5) is 10.5 Å². The minimum Gasteiger partial charge on any atom is -0.478 e. The molecule has 98 valence electrons. The average Bonchev–Trinajstić information content (AvgIpc) is 2.27. The Balaban J connectivity index is 2.84. The van der Waals surface area contributed by atoms with Crippen LogP contribution in [0.25, 0.3) is 0 Å². The van der Waals surface area contributed by atoms with Gasteiger partial charge in [-0.3, -0.25) is 0 Å². The van der Waals surface area contributed by atoms with Gasteiger partial charge in [-0.25, -0.2) is 9.59 Å². The zero-order valence-corrected chi connectivity index (χ0v) is 11.0. The van der Waals surface area contributed by atoms with Crippen molar-refractivity contribution in [3.8, 4) is 0 Å². The Morgan fingerprint density at radius 2 is 1.94 bits per heavy atom. The van der Waals surface area contributed by atoms with E-state index in [-0.39, 0.29) is 17.6 Å². The Morgan fingerprint density at radius 3 is 2.39 bits per heavy atom. The summed E-state index contributed by atoms with van der Waals surface area (Å²) in [6.07, 6.45) is 0. The van der Waals surface area contributed by atoms with Gasteiger partial charge < -0.3 is 15.3 Å². The molecule has 18 heavy (non-hydrogen) atoms. The van der Waals surface area contributed by atoms with Crippen LogP contribution in [0.15, 0.2) is 18.2 Å². The van der Waals surface area contributed by atoms with Gasteiger partial charge in [-0.15, -0.1) is 0 Å². The molecule has 5 nitrogen and oxygen atoms in total. The number of benzene rings is 1. The summed E-state index contributed by atoms with van der Waals surface area (Å²) in [5, 5.41) is 11.6. The number of nitrogens with one attached hydrogen (secondary N) is 1. The highest BCUT2D eigenvalue weighted by Crippen LogP contribution is 2.15. The Labute approximate surface area is 106 Å². The number of anilines is 1. The highest BCUT2D eigenvalue weighted by molar-refractivity contribution is 5.92. The highest BCUT2D eigenvalue weighted by Gasteiger charge is 2.13. The number of amides is 2. The molecule has 0 saturated heterocycles. The van der Waals surface area contributed by atoms with Gasteiger partial charge in [-0.1, -0.05) is 0 Å². The Bertz CT molecular complexity index is 469. The van der Waals surface area contributed by atoms with Crippen LogP contribution in [-0.2, 0) is 0 Å². The van der Waals surface area contributed by atoms with Gasteiger partial charge in [0.2, 0.25) is 0 Å². The van der Waals surface area contributed by atoms with Crippen LogP contribution in [0.2, 0.25) is 0 Å². The summed E-state index contributed by atoms with van der Waals surface area (Å²) in [6, 6.07) is 4.61. The zero-order valence-electron chi connectivity index (χ0n) is 11.0. The Kier molecular flexibility index (Phi) is 4.31. The van der Waals surface area contributed by atoms with Crippen LogP contribution in [0.5, 0.6) is 0 Å². The first-order valence-electron chi connectivity index (χ1n) is 5.70. The third-order valence-corrected chi connectivity index (χ3v) is 2.80. The van der Waals surface area contributed by atoms with Crippen molar-refractivity contribution < 1.29 is 14.7 Å². The summed E-state index contributed by atoms with van der Waals surface area (Å²) >= 11 is 0. The maximum Gasteiger partial charge on any atom is 0.335 e. The number of urea groups is 1. The van der Waals surface area contributed by atoms with Crippen molar-refractivity contribution in [2.24, 2.45) is 0 Å². The first-order valence-corrected chi connectivity index (χ1v) is 5.70.